The van der Waals surface area contributed by atoms with Gasteiger partial charge in [-0.25, -0.2) is 0 Å². The maximum Gasteiger partial charge on any atom is 0.0692 e. The van der Waals surface area contributed by atoms with Crippen molar-refractivity contribution in [2.45, 2.75) is 63.9 Å². The van der Waals surface area contributed by atoms with Crippen LogP contribution in [0.15, 0.2) is 0 Å². The summed E-state index contributed by atoms with van der Waals surface area (Å²) in [5.74, 6) is 1.46. The Hall–Kier alpha value is -0.0800. The summed E-state index contributed by atoms with van der Waals surface area (Å²) in [5, 5.41) is 13.5. The number of aliphatic hydroxyl groups excluding tert-OH is 1. The van der Waals surface area contributed by atoms with E-state index in [9.17, 15) is 5.11 Å². The molecule has 16 heavy (non-hydrogen) atoms. The predicted molar refractivity (Wildman–Crippen MR) is 67.4 cm³/mol. The topological polar surface area (TPSA) is 32.3 Å². The molecule has 0 amide bonds. The highest BCUT2D eigenvalue weighted by molar-refractivity contribution is 4.77. The van der Waals surface area contributed by atoms with Gasteiger partial charge in [-0.2, -0.15) is 0 Å². The Labute approximate surface area is 99.8 Å². The maximum atomic E-state index is 10.0. The molecule has 2 heteroatoms. The van der Waals surface area contributed by atoms with E-state index in [-0.39, 0.29) is 6.10 Å². The molecular formula is C14H27NO. The lowest BCUT2D eigenvalue weighted by atomic mass is 9.89. The summed E-state index contributed by atoms with van der Waals surface area (Å²) in [6, 6.07) is 0. The molecule has 0 saturated heterocycles. The van der Waals surface area contributed by atoms with E-state index in [1.54, 1.807) is 0 Å². The Kier molecular flexibility index (Phi) is 5.11. The molecular weight excluding hydrogens is 198 g/mol. The van der Waals surface area contributed by atoms with Gasteiger partial charge in [0.25, 0.3) is 0 Å². The monoisotopic (exact) mass is 225 g/mol. The molecule has 2 N–H and O–H groups in total. The zero-order valence-corrected chi connectivity index (χ0v) is 10.5. The zero-order chi connectivity index (χ0) is 11.2. The second-order valence-corrected chi connectivity index (χ2v) is 5.77. The predicted octanol–water partition coefficient (Wildman–Crippen LogP) is 2.71. The average Bonchev–Trinajstić information content (AvgIpc) is 2.84. The molecule has 2 rings (SSSR count). The van der Waals surface area contributed by atoms with Crippen LogP contribution in [-0.4, -0.2) is 24.3 Å². The summed E-state index contributed by atoms with van der Waals surface area (Å²) in [7, 11) is 0. The lowest BCUT2D eigenvalue weighted by molar-refractivity contribution is 0.107. The van der Waals surface area contributed by atoms with Crippen molar-refractivity contribution in [1.29, 1.82) is 0 Å². The number of rotatable bonds is 5. The molecule has 0 aliphatic heterocycles. The van der Waals surface area contributed by atoms with E-state index in [0.717, 1.165) is 19.0 Å². The molecule has 0 bridgehead atoms. The molecule has 0 heterocycles. The Morgan fingerprint density at radius 2 is 1.56 bits per heavy atom. The van der Waals surface area contributed by atoms with E-state index < -0.39 is 0 Å². The van der Waals surface area contributed by atoms with Crippen LogP contribution in [0.4, 0.5) is 0 Å². The van der Waals surface area contributed by atoms with Crippen LogP contribution in [0.1, 0.15) is 57.8 Å². The third-order valence-electron chi connectivity index (χ3n) is 4.46. The molecule has 2 aliphatic carbocycles. The number of hydrogen-bond donors (Lipinski definition) is 2. The van der Waals surface area contributed by atoms with Gasteiger partial charge < -0.3 is 10.4 Å². The van der Waals surface area contributed by atoms with Crippen LogP contribution in [0.3, 0.4) is 0 Å². The third-order valence-corrected chi connectivity index (χ3v) is 4.46. The summed E-state index contributed by atoms with van der Waals surface area (Å²) < 4.78 is 0. The van der Waals surface area contributed by atoms with Gasteiger partial charge in [0.05, 0.1) is 6.10 Å². The van der Waals surface area contributed by atoms with Crippen molar-refractivity contribution in [2.24, 2.45) is 11.8 Å². The smallest absolute Gasteiger partial charge is 0.0692 e. The zero-order valence-electron chi connectivity index (χ0n) is 10.5. The number of hydrogen-bond acceptors (Lipinski definition) is 2. The van der Waals surface area contributed by atoms with Crippen molar-refractivity contribution in [3.8, 4) is 0 Å². The van der Waals surface area contributed by atoms with Gasteiger partial charge in [0.1, 0.15) is 0 Å². The second kappa shape index (κ2) is 6.61. The molecule has 2 nitrogen and oxygen atoms in total. The van der Waals surface area contributed by atoms with Crippen LogP contribution in [0.25, 0.3) is 0 Å². The molecule has 1 atom stereocenters. The number of aliphatic hydroxyl groups is 1. The summed E-state index contributed by atoms with van der Waals surface area (Å²) in [6.45, 7) is 1.95. The van der Waals surface area contributed by atoms with Gasteiger partial charge in [0.15, 0.2) is 0 Å². The molecule has 2 aliphatic rings. The van der Waals surface area contributed by atoms with E-state index in [0.29, 0.717) is 5.92 Å². The molecule has 0 aromatic heterocycles. The molecule has 0 aromatic carbocycles. The maximum absolute atomic E-state index is 10.0. The highest BCUT2D eigenvalue weighted by Crippen LogP contribution is 2.27. The average molecular weight is 225 g/mol. The van der Waals surface area contributed by atoms with E-state index in [1.165, 1.54) is 57.8 Å². The van der Waals surface area contributed by atoms with Gasteiger partial charge in [0, 0.05) is 6.54 Å². The first-order chi connectivity index (χ1) is 7.86. The molecule has 0 radical (unpaired) electrons. The summed E-state index contributed by atoms with van der Waals surface area (Å²) in [5.41, 5.74) is 0. The lowest BCUT2D eigenvalue weighted by Gasteiger charge is -2.24. The Balaban J connectivity index is 1.56. The minimum atomic E-state index is -0.0916. The van der Waals surface area contributed by atoms with E-state index >= 15 is 0 Å². The Bertz CT molecular complexity index is 183. The quantitative estimate of drug-likeness (QED) is 0.754. The second-order valence-electron chi connectivity index (χ2n) is 5.77. The van der Waals surface area contributed by atoms with Gasteiger partial charge in [-0.15, -0.1) is 0 Å². The van der Waals surface area contributed by atoms with Crippen molar-refractivity contribution < 1.29 is 5.11 Å². The van der Waals surface area contributed by atoms with Crippen LogP contribution in [-0.2, 0) is 0 Å². The van der Waals surface area contributed by atoms with E-state index in [1.807, 2.05) is 0 Å². The fraction of sp³-hybridized carbons (Fsp3) is 1.00. The molecule has 0 aromatic rings. The normalized spacial score (nSPS) is 26.1. The summed E-state index contributed by atoms with van der Waals surface area (Å²) in [6.07, 6.45) is 12.1. The van der Waals surface area contributed by atoms with E-state index in [4.69, 9.17) is 0 Å². The van der Waals surface area contributed by atoms with Crippen molar-refractivity contribution in [3.63, 3.8) is 0 Å². The van der Waals surface area contributed by atoms with Crippen LogP contribution in [0.2, 0.25) is 0 Å². The van der Waals surface area contributed by atoms with Gasteiger partial charge in [-0.05, 0) is 44.1 Å². The van der Waals surface area contributed by atoms with Crippen LogP contribution < -0.4 is 5.32 Å². The molecule has 0 spiro atoms. The van der Waals surface area contributed by atoms with Crippen LogP contribution in [0.5, 0.6) is 0 Å². The fourth-order valence-electron chi connectivity index (χ4n) is 3.34. The molecule has 94 valence electrons. The third kappa shape index (κ3) is 3.74. The standard InChI is InChI=1S/C14H27NO/c16-14(13-8-4-5-9-13)11-15-10-12-6-2-1-3-7-12/h12-16H,1-11H2. The lowest BCUT2D eigenvalue weighted by Crippen LogP contribution is -2.35. The van der Waals surface area contributed by atoms with Gasteiger partial charge in [0.2, 0.25) is 0 Å². The van der Waals surface area contributed by atoms with Crippen LogP contribution in [0, 0.1) is 11.8 Å². The summed E-state index contributed by atoms with van der Waals surface area (Å²) >= 11 is 0. The first kappa shape index (κ1) is 12.4. The van der Waals surface area contributed by atoms with Crippen molar-refractivity contribution in [3.05, 3.63) is 0 Å². The van der Waals surface area contributed by atoms with Gasteiger partial charge in [-0.1, -0.05) is 32.1 Å². The molecule has 2 saturated carbocycles. The fourth-order valence-corrected chi connectivity index (χ4v) is 3.34. The van der Waals surface area contributed by atoms with Crippen LogP contribution >= 0.6 is 0 Å². The van der Waals surface area contributed by atoms with Gasteiger partial charge in [-0.3, -0.25) is 0 Å². The minimum Gasteiger partial charge on any atom is -0.392 e. The van der Waals surface area contributed by atoms with Crippen molar-refractivity contribution >= 4 is 0 Å². The Morgan fingerprint density at radius 1 is 0.938 bits per heavy atom. The highest BCUT2D eigenvalue weighted by Gasteiger charge is 2.23. The van der Waals surface area contributed by atoms with E-state index in [2.05, 4.69) is 5.32 Å². The molecule has 2 fully saturated rings. The molecule has 1 unspecified atom stereocenters. The minimum absolute atomic E-state index is 0.0916. The van der Waals surface area contributed by atoms with Gasteiger partial charge >= 0.3 is 0 Å². The Morgan fingerprint density at radius 3 is 2.25 bits per heavy atom. The van der Waals surface area contributed by atoms with Crippen molar-refractivity contribution in [1.82, 2.24) is 5.32 Å². The number of nitrogens with one attached hydrogen (secondary N) is 1. The first-order valence-corrected chi connectivity index (χ1v) is 7.25. The SMILES string of the molecule is OC(CNCC1CCCCC1)C1CCCC1. The highest BCUT2D eigenvalue weighted by atomic mass is 16.3. The summed E-state index contributed by atoms with van der Waals surface area (Å²) in [4.78, 5) is 0. The van der Waals surface area contributed by atoms with Crippen molar-refractivity contribution in [2.75, 3.05) is 13.1 Å². The first-order valence-electron chi connectivity index (χ1n) is 7.25. The largest absolute Gasteiger partial charge is 0.392 e.